The SMILES string of the molecule is CC1CC(=Cc2cc(N)ccc2Cl)C(=O)O1. The molecule has 1 atom stereocenters. The number of anilines is 1. The van der Waals surface area contributed by atoms with Gasteiger partial charge in [0.25, 0.3) is 0 Å². The third kappa shape index (κ3) is 2.19. The molecule has 3 nitrogen and oxygen atoms in total. The van der Waals surface area contributed by atoms with E-state index in [0.717, 1.165) is 5.56 Å². The molecule has 2 N–H and O–H groups in total. The van der Waals surface area contributed by atoms with Crippen molar-refractivity contribution in [1.29, 1.82) is 0 Å². The van der Waals surface area contributed by atoms with Gasteiger partial charge in [0.2, 0.25) is 0 Å². The zero-order chi connectivity index (χ0) is 11.7. The fraction of sp³-hybridized carbons (Fsp3) is 0.250. The Hall–Kier alpha value is -1.48. The predicted octanol–water partition coefficient (Wildman–Crippen LogP) is 2.64. The second-order valence-electron chi connectivity index (χ2n) is 3.87. The molecule has 1 saturated heterocycles. The topological polar surface area (TPSA) is 52.3 Å². The minimum atomic E-state index is -0.272. The predicted molar refractivity (Wildman–Crippen MR) is 64.0 cm³/mol. The van der Waals surface area contributed by atoms with Gasteiger partial charge in [-0.15, -0.1) is 0 Å². The van der Waals surface area contributed by atoms with E-state index in [1.165, 1.54) is 0 Å². The van der Waals surface area contributed by atoms with E-state index in [2.05, 4.69) is 0 Å². The summed E-state index contributed by atoms with van der Waals surface area (Å²) in [5.74, 6) is -0.272. The van der Waals surface area contributed by atoms with Crippen LogP contribution in [-0.4, -0.2) is 12.1 Å². The largest absolute Gasteiger partial charge is 0.459 e. The Morgan fingerprint density at radius 2 is 2.31 bits per heavy atom. The smallest absolute Gasteiger partial charge is 0.334 e. The summed E-state index contributed by atoms with van der Waals surface area (Å²) in [6, 6.07) is 5.18. The molecule has 0 spiro atoms. The van der Waals surface area contributed by atoms with Crippen molar-refractivity contribution >= 4 is 29.3 Å². The molecule has 84 valence electrons. The first-order chi connectivity index (χ1) is 7.56. The Morgan fingerprint density at radius 1 is 1.56 bits per heavy atom. The van der Waals surface area contributed by atoms with E-state index in [4.69, 9.17) is 22.1 Å². The molecule has 2 rings (SSSR count). The zero-order valence-corrected chi connectivity index (χ0v) is 9.62. The van der Waals surface area contributed by atoms with Crippen LogP contribution in [-0.2, 0) is 9.53 Å². The Kier molecular flexibility index (Phi) is 2.88. The van der Waals surface area contributed by atoms with Gasteiger partial charge in [0.15, 0.2) is 0 Å². The number of carbonyl (C=O) groups excluding carboxylic acids is 1. The van der Waals surface area contributed by atoms with E-state index >= 15 is 0 Å². The van der Waals surface area contributed by atoms with Gasteiger partial charge < -0.3 is 10.5 Å². The van der Waals surface area contributed by atoms with Crippen LogP contribution >= 0.6 is 11.6 Å². The molecule has 1 aliphatic rings. The Balaban J connectivity index is 2.35. The lowest BCUT2D eigenvalue weighted by molar-refractivity contribution is -0.138. The monoisotopic (exact) mass is 237 g/mol. The van der Waals surface area contributed by atoms with Crippen molar-refractivity contribution in [1.82, 2.24) is 0 Å². The number of ether oxygens (including phenoxy) is 1. The van der Waals surface area contributed by atoms with Crippen LogP contribution in [0, 0.1) is 0 Å². The molecule has 0 saturated carbocycles. The Morgan fingerprint density at radius 3 is 2.94 bits per heavy atom. The summed E-state index contributed by atoms with van der Waals surface area (Å²) < 4.78 is 5.03. The van der Waals surface area contributed by atoms with Gasteiger partial charge >= 0.3 is 5.97 Å². The van der Waals surface area contributed by atoms with Crippen LogP contribution in [0.25, 0.3) is 6.08 Å². The van der Waals surface area contributed by atoms with Gasteiger partial charge in [0.05, 0.1) is 0 Å². The van der Waals surface area contributed by atoms with Crippen LogP contribution in [0.2, 0.25) is 5.02 Å². The molecule has 1 aliphatic heterocycles. The van der Waals surface area contributed by atoms with E-state index in [0.29, 0.717) is 22.7 Å². The number of nitrogens with two attached hydrogens (primary N) is 1. The van der Waals surface area contributed by atoms with E-state index in [9.17, 15) is 4.79 Å². The molecular weight excluding hydrogens is 226 g/mol. The summed E-state index contributed by atoms with van der Waals surface area (Å²) in [5.41, 5.74) is 7.67. The van der Waals surface area contributed by atoms with Gasteiger partial charge in [0, 0.05) is 22.7 Å². The highest BCUT2D eigenvalue weighted by atomic mass is 35.5. The lowest BCUT2D eigenvalue weighted by Crippen LogP contribution is -1.99. The molecule has 0 aromatic heterocycles. The number of esters is 1. The van der Waals surface area contributed by atoms with Crippen molar-refractivity contribution in [3.8, 4) is 0 Å². The third-order valence-corrected chi connectivity index (χ3v) is 2.77. The average Bonchev–Trinajstić information content (AvgIpc) is 2.51. The molecular formula is C12H12ClNO2. The highest BCUT2D eigenvalue weighted by Gasteiger charge is 2.25. The zero-order valence-electron chi connectivity index (χ0n) is 8.87. The summed E-state index contributed by atoms with van der Waals surface area (Å²) in [6.07, 6.45) is 2.30. The van der Waals surface area contributed by atoms with Gasteiger partial charge in [-0.05, 0) is 36.8 Å². The van der Waals surface area contributed by atoms with Gasteiger partial charge in [-0.1, -0.05) is 11.6 Å². The van der Waals surface area contributed by atoms with Crippen LogP contribution in [0.5, 0.6) is 0 Å². The molecule has 1 aromatic rings. The second-order valence-corrected chi connectivity index (χ2v) is 4.28. The van der Waals surface area contributed by atoms with Crippen LogP contribution in [0.15, 0.2) is 23.8 Å². The molecule has 0 bridgehead atoms. The molecule has 1 fully saturated rings. The normalized spacial score (nSPS) is 22.5. The second kappa shape index (κ2) is 4.18. The number of benzene rings is 1. The molecule has 16 heavy (non-hydrogen) atoms. The fourth-order valence-corrected chi connectivity index (χ4v) is 1.84. The standard InChI is InChI=1S/C12H12ClNO2/c1-7-4-9(12(15)16-7)5-8-6-10(14)2-3-11(8)13/h2-3,5-7H,4,14H2,1H3. The van der Waals surface area contributed by atoms with Gasteiger partial charge in [-0.3, -0.25) is 0 Å². The maximum atomic E-state index is 11.4. The number of rotatable bonds is 1. The lowest BCUT2D eigenvalue weighted by atomic mass is 10.1. The van der Waals surface area contributed by atoms with Crippen molar-refractivity contribution in [2.24, 2.45) is 0 Å². The van der Waals surface area contributed by atoms with Crippen molar-refractivity contribution in [3.63, 3.8) is 0 Å². The Labute approximate surface area is 98.8 Å². The molecule has 1 heterocycles. The summed E-state index contributed by atoms with van der Waals surface area (Å²) in [4.78, 5) is 11.4. The minimum absolute atomic E-state index is 0.0569. The van der Waals surface area contributed by atoms with Crippen molar-refractivity contribution < 1.29 is 9.53 Å². The number of carbonyl (C=O) groups is 1. The quantitative estimate of drug-likeness (QED) is 0.464. The van der Waals surface area contributed by atoms with E-state index in [-0.39, 0.29) is 12.1 Å². The van der Waals surface area contributed by atoms with E-state index in [1.807, 2.05) is 6.92 Å². The van der Waals surface area contributed by atoms with Gasteiger partial charge in [0.1, 0.15) is 6.10 Å². The van der Waals surface area contributed by atoms with Gasteiger partial charge in [-0.25, -0.2) is 4.79 Å². The number of hydrogen-bond acceptors (Lipinski definition) is 3. The molecule has 1 unspecified atom stereocenters. The van der Waals surface area contributed by atoms with Crippen molar-refractivity contribution in [2.45, 2.75) is 19.4 Å². The lowest BCUT2D eigenvalue weighted by Gasteiger charge is -2.00. The maximum Gasteiger partial charge on any atom is 0.334 e. The summed E-state index contributed by atoms with van der Waals surface area (Å²) in [5, 5.41) is 0.578. The van der Waals surface area contributed by atoms with E-state index < -0.39 is 0 Å². The number of cyclic esters (lactones) is 1. The summed E-state index contributed by atoms with van der Waals surface area (Å²) in [6.45, 7) is 1.86. The fourth-order valence-electron chi connectivity index (χ4n) is 1.67. The highest BCUT2D eigenvalue weighted by molar-refractivity contribution is 6.32. The third-order valence-electron chi connectivity index (χ3n) is 2.43. The van der Waals surface area contributed by atoms with Gasteiger partial charge in [-0.2, -0.15) is 0 Å². The van der Waals surface area contributed by atoms with E-state index in [1.54, 1.807) is 24.3 Å². The Bertz CT molecular complexity index is 468. The average molecular weight is 238 g/mol. The van der Waals surface area contributed by atoms with Crippen LogP contribution < -0.4 is 5.73 Å². The molecule has 1 aromatic carbocycles. The summed E-state index contributed by atoms with van der Waals surface area (Å²) >= 11 is 6.01. The summed E-state index contributed by atoms with van der Waals surface area (Å²) in [7, 11) is 0. The minimum Gasteiger partial charge on any atom is -0.459 e. The van der Waals surface area contributed by atoms with Crippen LogP contribution in [0.4, 0.5) is 5.69 Å². The maximum absolute atomic E-state index is 11.4. The molecule has 0 radical (unpaired) electrons. The molecule has 0 amide bonds. The number of halogens is 1. The van der Waals surface area contributed by atoms with Crippen molar-refractivity contribution in [2.75, 3.05) is 5.73 Å². The van der Waals surface area contributed by atoms with Crippen molar-refractivity contribution in [3.05, 3.63) is 34.4 Å². The van der Waals surface area contributed by atoms with Crippen LogP contribution in [0.1, 0.15) is 18.9 Å². The first-order valence-electron chi connectivity index (χ1n) is 5.03. The first kappa shape index (κ1) is 11.0. The molecule has 4 heteroatoms. The number of nitrogen functional groups attached to an aromatic ring is 1. The first-order valence-corrected chi connectivity index (χ1v) is 5.40. The van der Waals surface area contributed by atoms with Crippen LogP contribution in [0.3, 0.4) is 0 Å². The molecule has 0 aliphatic carbocycles. The highest BCUT2D eigenvalue weighted by Crippen LogP contribution is 2.26. The number of hydrogen-bond donors (Lipinski definition) is 1.